The average molecular weight is 621 g/mol. The third-order valence-corrected chi connectivity index (χ3v) is 8.16. The van der Waals surface area contributed by atoms with Gasteiger partial charge in [-0.3, -0.25) is 27.5 Å². The van der Waals surface area contributed by atoms with Gasteiger partial charge in [-0.15, -0.1) is 0 Å². The maximum Gasteiger partial charge on any atom is 0.530 e. The number of methoxy groups -OCH3 is 1. The summed E-state index contributed by atoms with van der Waals surface area (Å²) in [5.74, 6) is -2.36. The first-order valence-corrected chi connectivity index (χ1v) is 15.9. The lowest BCUT2D eigenvalue weighted by Gasteiger charge is -2.21. The van der Waals surface area contributed by atoms with Crippen LogP contribution in [0.3, 0.4) is 0 Å². The lowest BCUT2D eigenvalue weighted by molar-refractivity contribution is 0.0513. The summed E-state index contributed by atoms with van der Waals surface area (Å²) in [6, 6.07) is 6.28. The minimum absolute atomic E-state index is 0.0653. The van der Waals surface area contributed by atoms with E-state index in [2.05, 4.69) is 0 Å². The molecule has 0 saturated heterocycles. The maximum absolute atomic E-state index is 13.7. The van der Waals surface area contributed by atoms with E-state index in [1.54, 1.807) is 58.9 Å². The number of amides is 1. The zero-order valence-electron chi connectivity index (χ0n) is 24.5. The van der Waals surface area contributed by atoms with Crippen molar-refractivity contribution in [1.29, 1.82) is 0 Å². The molecule has 0 radical (unpaired) electrons. The molecule has 0 aliphatic rings. The van der Waals surface area contributed by atoms with Crippen LogP contribution in [-0.4, -0.2) is 75.6 Å². The second-order valence-corrected chi connectivity index (χ2v) is 11.2. The van der Waals surface area contributed by atoms with E-state index in [0.29, 0.717) is 5.75 Å². The number of carbonyl (C=O) groups excluding carboxylic acids is 2. The van der Waals surface area contributed by atoms with Crippen molar-refractivity contribution >= 4 is 27.5 Å². The van der Waals surface area contributed by atoms with E-state index in [1.807, 2.05) is 0 Å². The summed E-state index contributed by atoms with van der Waals surface area (Å²) in [7, 11) is -4.47. The van der Waals surface area contributed by atoms with E-state index in [0.717, 1.165) is 0 Å². The summed E-state index contributed by atoms with van der Waals surface area (Å²) < 4.78 is 71.7. The highest BCUT2D eigenvalue weighted by atomic mass is 31.2. The van der Waals surface area contributed by atoms with Gasteiger partial charge in [0.15, 0.2) is 11.4 Å². The van der Waals surface area contributed by atoms with Crippen molar-refractivity contribution in [1.82, 2.24) is 9.47 Å². The number of phosphoric acid groups is 2. The lowest BCUT2D eigenvalue weighted by Crippen LogP contribution is -2.26. The van der Waals surface area contributed by atoms with Crippen molar-refractivity contribution in [2.24, 2.45) is 0 Å². The highest BCUT2D eigenvalue weighted by molar-refractivity contribution is 7.49. The Morgan fingerprint density at radius 2 is 1.17 bits per heavy atom. The van der Waals surface area contributed by atoms with Gasteiger partial charge in [0, 0.05) is 19.8 Å². The Kier molecular flexibility index (Phi) is 12.9. The zero-order chi connectivity index (χ0) is 30.8. The van der Waals surface area contributed by atoms with Crippen LogP contribution in [0.5, 0.6) is 17.2 Å². The molecule has 2 aromatic rings. The molecule has 0 spiro atoms. The number of rotatable bonds is 17. The van der Waals surface area contributed by atoms with Gasteiger partial charge in [0.1, 0.15) is 5.75 Å². The molecule has 16 heteroatoms. The number of hydrogen-bond acceptors (Lipinski definition) is 12. The third-order valence-electron chi connectivity index (χ3n) is 5.05. The molecule has 1 amide bonds. The molecular formula is C25H38N2O12P2. The van der Waals surface area contributed by atoms with Gasteiger partial charge in [0.2, 0.25) is 11.5 Å². The first-order chi connectivity index (χ1) is 19.4. The van der Waals surface area contributed by atoms with Crippen LogP contribution in [0, 0.1) is 0 Å². The second-order valence-electron chi connectivity index (χ2n) is 8.06. The maximum atomic E-state index is 13.7. The SMILES string of the molecule is CCOC(=O)c1c(OP(=O)(OCC)OCC)c(OP(=O)(OCC)OCC)c(C(=O)N(C)C)n1-c1ccc(OC)cc1. The Morgan fingerprint density at radius 1 is 0.732 bits per heavy atom. The number of nitrogens with zero attached hydrogens (tertiary/aromatic N) is 2. The molecule has 0 atom stereocenters. The van der Waals surface area contributed by atoms with Crippen molar-refractivity contribution in [3.05, 3.63) is 35.7 Å². The summed E-state index contributed by atoms with van der Waals surface area (Å²) in [6.07, 6.45) is 0. The highest BCUT2D eigenvalue weighted by Gasteiger charge is 2.43. The second kappa shape index (κ2) is 15.4. The van der Waals surface area contributed by atoms with Crippen LogP contribution in [0.15, 0.2) is 24.3 Å². The number of esters is 1. The highest BCUT2D eigenvalue weighted by Crippen LogP contribution is 2.59. The monoisotopic (exact) mass is 620 g/mol. The quantitative estimate of drug-likeness (QED) is 0.163. The van der Waals surface area contributed by atoms with Gasteiger partial charge >= 0.3 is 21.6 Å². The number of aromatic nitrogens is 1. The molecule has 230 valence electrons. The fourth-order valence-corrected chi connectivity index (χ4v) is 5.92. The van der Waals surface area contributed by atoms with Crippen LogP contribution < -0.4 is 13.8 Å². The van der Waals surface area contributed by atoms with E-state index in [-0.39, 0.29) is 44.4 Å². The standard InChI is InChI=1S/C25H38N2O12P2/c1-9-33-25(29)21-23(39-41(31,36-12-4)37-13-5)22(38-40(30,34-10-2)35-11-3)20(24(28)26(6)7)27(21)18-14-16-19(32-8)17-15-18/h14-17H,9-13H2,1-8H3. The van der Waals surface area contributed by atoms with Crippen molar-refractivity contribution in [3.8, 4) is 22.9 Å². The van der Waals surface area contributed by atoms with E-state index in [1.165, 1.54) is 30.7 Å². The molecule has 0 N–H and O–H groups in total. The molecule has 14 nitrogen and oxygen atoms in total. The summed E-state index contributed by atoms with van der Waals surface area (Å²) in [5.41, 5.74) is -0.502. The molecule has 1 aromatic carbocycles. The summed E-state index contributed by atoms with van der Waals surface area (Å²) >= 11 is 0. The topological polar surface area (TPSA) is 150 Å². The van der Waals surface area contributed by atoms with E-state index < -0.39 is 44.7 Å². The lowest BCUT2D eigenvalue weighted by atomic mass is 10.2. The molecule has 0 fully saturated rings. The largest absolute Gasteiger partial charge is 0.530 e. The number of hydrogen-bond donors (Lipinski definition) is 0. The van der Waals surface area contributed by atoms with Crippen molar-refractivity contribution in [2.75, 3.05) is 54.2 Å². The molecule has 1 aromatic heterocycles. The molecule has 2 rings (SSSR count). The molecule has 0 aliphatic heterocycles. The Balaban J connectivity index is 3.14. The van der Waals surface area contributed by atoms with Gasteiger partial charge in [-0.1, -0.05) is 0 Å². The van der Waals surface area contributed by atoms with E-state index in [4.69, 9.17) is 36.6 Å². The molecule has 0 unspecified atom stereocenters. The van der Waals surface area contributed by atoms with E-state index in [9.17, 15) is 18.7 Å². The van der Waals surface area contributed by atoms with Gasteiger partial charge in [0.05, 0.1) is 40.1 Å². The number of ether oxygens (including phenoxy) is 2. The fourth-order valence-electron chi connectivity index (χ4n) is 3.51. The van der Waals surface area contributed by atoms with Gasteiger partial charge < -0.3 is 23.4 Å². The van der Waals surface area contributed by atoms with Gasteiger partial charge in [-0.25, -0.2) is 13.9 Å². The van der Waals surface area contributed by atoms with E-state index >= 15 is 0 Å². The molecule has 0 bridgehead atoms. The molecule has 41 heavy (non-hydrogen) atoms. The van der Waals surface area contributed by atoms with Gasteiger partial charge in [0.25, 0.3) is 5.91 Å². The first-order valence-electron chi connectivity index (χ1n) is 12.9. The number of phosphoric ester groups is 2. The predicted molar refractivity (Wildman–Crippen MR) is 149 cm³/mol. The molecular weight excluding hydrogens is 582 g/mol. The van der Waals surface area contributed by atoms with Crippen LogP contribution in [0.4, 0.5) is 0 Å². The average Bonchev–Trinajstić information content (AvgIpc) is 3.21. The summed E-state index contributed by atoms with van der Waals surface area (Å²) in [4.78, 5) is 28.5. The Bertz CT molecular complexity index is 1260. The van der Waals surface area contributed by atoms with Crippen LogP contribution in [0.25, 0.3) is 5.69 Å². The summed E-state index contributed by atoms with van der Waals surface area (Å²) in [5, 5.41) is 0. The minimum Gasteiger partial charge on any atom is -0.497 e. The van der Waals surface area contributed by atoms with Crippen LogP contribution >= 0.6 is 15.6 Å². The number of benzene rings is 1. The minimum atomic E-state index is -4.43. The smallest absolute Gasteiger partial charge is 0.497 e. The predicted octanol–water partition coefficient (Wildman–Crippen LogP) is 5.48. The van der Waals surface area contributed by atoms with Crippen molar-refractivity contribution in [3.63, 3.8) is 0 Å². The summed E-state index contributed by atoms with van der Waals surface area (Å²) in [6.45, 7) is 7.36. The molecule has 0 aliphatic carbocycles. The van der Waals surface area contributed by atoms with Crippen LogP contribution in [-0.2, 0) is 32.0 Å². The molecule has 1 heterocycles. The van der Waals surface area contributed by atoms with Crippen LogP contribution in [0.2, 0.25) is 0 Å². The van der Waals surface area contributed by atoms with Crippen molar-refractivity contribution < 1.29 is 55.3 Å². The fraction of sp³-hybridized carbons (Fsp3) is 0.520. The molecule has 0 saturated carbocycles. The zero-order valence-corrected chi connectivity index (χ0v) is 26.3. The Hall–Kier alpha value is -2.86. The number of carbonyl (C=O) groups is 2. The normalized spacial score (nSPS) is 11.7. The van der Waals surface area contributed by atoms with Crippen LogP contribution in [0.1, 0.15) is 55.6 Å². The Morgan fingerprint density at radius 3 is 1.54 bits per heavy atom. The first kappa shape index (κ1) is 34.3. The van der Waals surface area contributed by atoms with Gasteiger partial charge in [-0.2, -0.15) is 0 Å². The third kappa shape index (κ3) is 8.34. The van der Waals surface area contributed by atoms with Crippen molar-refractivity contribution in [2.45, 2.75) is 34.6 Å². The Labute approximate surface area is 239 Å². The van der Waals surface area contributed by atoms with Gasteiger partial charge in [-0.05, 0) is 58.9 Å².